The molecule has 4 atom stereocenters. The smallest absolute Gasteiger partial charge is 0.203 e. The predicted octanol–water partition coefficient (Wildman–Crippen LogP) is 1.78. The third-order valence-corrected chi connectivity index (χ3v) is 5.94. The third kappa shape index (κ3) is 1.66. The van der Waals surface area contributed by atoms with Crippen LogP contribution in [0.15, 0.2) is 6.07 Å². The van der Waals surface area contributed by atoms with Crippen LogP contribution < -0.4 is 9.47 Å². The van der Waals surface area contributed by atoms with Crippen molar-refractivity contribution in [3.05, 3.63) is 17.2 Å². The van der Waals surface area contributed by atoms with E-state index in [9.17, 15) is 10.2 Å². The van der Waals surface area contributed by atoms with E-state index in [-0.39, 0.29) is 17.3 Å². The van der Waals surface area contributed by atoms with Crippen LogP contribution in [0, 0.1) is 0 Å². The second-order valence-electron chi connectivity index (χ2n) is 6.82. The third-order valence-electron chi connectivity index (χ3n) is 5.94. The lowest BCUT2D eigenvalue weighted by atomic mass is 9.62. The number of aliphatic hydroxyl groups excluding tert-OH is 1. The number of phenols is 1. The van der Waals surface area contributed by atoms with Crippen molar-refractivity contribution in [2.24, 2.45) is 0 Å². The Bertz CT molecular complexity index is 617. The highest BCUT2D eigenvalue weighted by atomic mass is 16.5. The summed E-state index contributed by atoms with van der Waals surface area (Å²) in [6.45, 7) is 1.83. The highest BCUT2D eigenvalue weighted by Gasteiger charge is 2.56. The van der Waals surface area contributed by atoms with Gasteiger partial charge in [0.2, 0.25) is 5.75 Å². The van der Waals surface area contributed by atoms with Gasteiger partial charge in [0, 0.05) is 23.6 Å². The van der Waals surface area contributed by atoms with Crippen molar-refractivity contribution in [1.29, 1.82) is 0 Å². The largest absolute Gasteiger partial charge is 0.504 e. The maximum absolute atomic E-state index is 10.9. The fourth-order valence-electron chi connectivity index (χ4n) is 5.01. The zero-order chi connectivity index (χ0) is 15.5. The summed E-state index contributed by atoms with van der Waals surface area (Å²) in [5.41, 5.74) is 2.13. The molecule has 0 amide bonds. The molecule has 4 unspecified atom stereocenters. The van der Waals surface area contributed by atoms with Gasteiger partial charge in [-0.25, -0.2) is 0 Å². The lowest BCUT2D eigenvalue weighted by molar-refractivity contribution is 0.0372. The van der Waals surface area contributed by atoms with Gasteiger partial charge in [-0.15, -0.1) is 0 Å². The summed E-state index contributed by atoms with van der Waals surface area (Å²) in [4.78, 5) is 2.45. The molecule has 1 saturated heterocycles. The van der Waals surface area contributed by atoms with E-state index in [1.54, 1.807) is 14.2 Å². The predicted molar refractivity (Wildman–Crippen MR) is 81.6 cm³/mol. The van der Waals surface area contributed by atoms with Gasteiger partial charge in [0.1, 0.15) is 0 Å². The topological polar surface area (TPSA) is 62.2 Å². The average Bonchev–Trinajstić information content (AvgIpc) is 2.77. The maximum atomic E-state index is 10.9. The van der Waals surface area contributed by atoms with Crippen molar-refractivity contribution >= 4 is 0 Å². The lowest BCUT2D eigenvalue weighted by Gasteiger charge is -2.48. The van der Waals surface area contributed by atoms with Gasteiger partial charge in [-0.2, -0.15) is 0 Å². The van der Waals surface area contributed by atoms with Gasteiger partial charge in [-0.05, 0) is 43.9 Å². The first-order valence-electron chi connectivity index (χ1n) is 8.00. The molecule has 120 valence electrons. The van der Waals surface area contributed by atoms with E-state index in [1.807, 2.05) is 6.07 Å². The number of methoxy groups -OCH3 is 2. The summed E-state index contributed by atoms with van der Waals surface area (Å²) >= 11 is 0. The van der Waals surface area contributed by atoms with Crippen molar-refractivity contribution in [1.82, 2.24) is 4.90 Å². The minimum absolute atomic E-state index is 0.0452. The fourth-order valence-corrected chi connectivity index (χ4v) is 5.01. The summed E-state index contributed by atoms with van der Waals surface area (Å²) in [7, 11) is 3.16. The molecule has 5 heteroatoms. The number of benzene rings is 1. The minimum Gasteiger partial charge on any atom is -0.504 e. The number of aliphatic hydroxyl groups is 1. The first kappa shape index (κ1) is 14.2. The Morgan fingerprint density at radius 3 is 2.82 bits per heavy atom. The number of fused-ring (bicyclic) bond motifs is 1. The molecule has 2 fully saturated rings. The molecule has 3 aliphatic rings. The molecular weight excluding hydrogens is 282 g/mol. The van der Waals surface area contributed by atoms with Gasteiger partial charge < -0.3 is 19.7 Å². The second-order valence-corrected chi connectivity index (χ2v) is 6.82. The zero-order valence-corrected chi connectivity index (χ0v) is 13.1. The minimum atomic E-state index is -0.220. The van der Waals surface area contributed by atoms with E-state index >= 15 is 0 Å². The van der Waals surface area contributed by atoms with Crippen LogP contribution in [-0.4, -0.2) is 48.0 Å². The number of rotatable bonds is 2. The molecule has 0 aromatic heterocycles. The van der Waals surface area contributed by atoms with Crippen molar-refractivity contribution in [2.45, 2.75) is 49.8 Å². The number of hydrogen-bond donors (Lipinski definition) is 2. The SMILES string of the molecule is COc1cc2c(c(O)c1OC)C13CCC(O)CC1N(CC3)C2. The number of ether oxygens (including phenoxy) is 2. The first-order valence-corrected chi connectivity index (χ1v) is 8.00. The molecule has 0 radical (unpaired) electrons. The highest BCUT2D eigenvalue weighted by Crippen LogP contribution is 2.58. The van der Waals surface area contributed by atoms with Gasteiger partial charge in [0.05, 0.1) is 20.3 Å². The average molecular weight is 305 g/mol. The normalized spacial score (nSPS) is 35.7. The van der Waals surface area contributed by atoms with Crippen LogP contribution in [0.5, 0.6) is 17.2 Å². The Morgan fingerprint density at radius 2 is 2.09 bits per heavy atom. The highest BCUT2D eigenvalue weighted by molar-refractivity contribution is 5.62. The molecule has 1 aromatic rings. The second kappa shape index (κ2) is 4.77. The van der Waals surface area contributed by atoms with Gasteiger partial charge in [-0.3, -0.25) is 4.90 Å². The summed E-state index contributed by atoms with van der Waals surface area (Å²) in [5.74, 6) is 1.26. The van der Waals surface area contributed by atoms with Gasteiger partial charge >= 0.3 is 0 Å². The van der Waals surface area contributed by atoms with Crippen molar-refractivity contribution < 1.29 is 19.7 Å². The fraction of sp³-hybridized carbons (Fsp3) is 0.647. The summed E-state index contributed by atoms with van der Waals surface area (Å²) in [6, 6.07) is 2.34. The molecular formula is C17H23NO4. The summed E-state index contributed by atoms with van der Waals surface area (Å²) in [6.07, 6.45) is 3.35. The van der Waals surface area contributed by atoms with Crippen LogP contribution >= 0.6 is 0 Å². The van der Waals surface area contributed by atoms with Crippen LogP contribution in [0.2, 0.25) is 0 Å². The van der Waals surface area contributed by atoms with E-state index in [1.165, 1.54) is 0 Å². The molecule has 2 aliphatic heterocycles. The van der Waals surface area contributed by atoms with Crippen molar-refractivity contribution in [2.75, 3.05) is 20.8 Å². The maximum Gasteiger partial charge on any atom is 0.203 e. The Balaban J connectivity index is 1.92. The molecule has 1 aromatic carbocycles. The Hall–Kier alpha value is -1.46. The quantitative estimate of drug-likeness (QED) is 0.872. The van der Waals surface area contributed by atoms with E-state index in [0.29, 0.717) is 17.5 Å². The summed E-state index contributed by atoms with van der Waals surface area (Å²) in [5, 5.41) is 21.0. The van der Waals surface area contributed by atoms with Crippen molar-refractivity contribution in [3.8, 4) is 17.2 Å². The number of aromatic hydroxyl groups is 1. The molecule has 22 heavy (non-hydrogen) atoms. The van der Waals surface area contributed by atoms with Crippen LogP contribution in [0.25, 0.3) is 0 Å². The first-order chi connectivity index (χ1) is 10.6. The molecule has 4 rings (SSSR count). The molecule has 1 aliphatic carbocycles. The van der Waals surface area contributed by atoms with E-state index < -0.39 is 0 Å². The molecule has 2 N–H and O–H groups in total. The lowest BCUT2D eigenvalue weighted by Crippen LogP contribution is -2.51. The Morgan fingerprint density at radius 1 is 1.27 bits per heavy atom. The molecule has 1 saturated carbocycles. The number of nitrogens with zero attached hydrogens (tertiary/aromatic N) is 1. The Kier molecular flexibility index (Phi) is 3.07. The number of phenolic OH excluding ortho intramolecular Hbond substituents is 1. The van der Waals surface area contributed by atoms with Crippen molar-refractivity contribution in [3.63, 3.8) is 0 Å². The zero-order valence-electron chi connectivity index (χ0n) is 13.1. The number of hydrogen-bond acceptors (Lipinski definition) is 5. The van der Waals surface area contributed by atoms with E-state index in [2.05, 4.69) is 4.90 Å². The van der Waals surface area contributed by atoms with E-state index in [0.717, 1.165) is 49.9 Å². The van der Waals surface area contributed by atoms with Crippen LogP contribution in [0.1, 0.15) is 36.8 Å². The van der Waals surface area contributed by atoms with Crippen LogP contribution in [0.3, 0.4) is 0 Å². The molecule has 5 nitrogen and oxygen atoms in total. The molecule has 0 spiro atoms. The van der Waals surface area contributed by atoms with Gasteiger partial charge in [-0.1, -0.05) is 0 Å². The molecule has 2 heterocycles. The summed E-state index contributed by atoms with van der Waals surface area (Å²) < 4.78 is 10.8. The van der Waals surface area contributed by atoms with Gasteiger partial charge in [0.15, 0.2) is 11.5 Å². The Labute approximate surface area is 130 Å². The molecule has 2 bridgehead atoms. The standard InChI is InChI=1S/C17H23NO4/c1-21-12-7-10-9-18-6-5-17(4-3-11(19)8-13(17)18)14(10)15(20)16(12)22-2/h7,11,13,19-20H,3-6,8-9H2,1-2H3. The monoisotopic (exact) mass is 305 g/mol. The van der Waals surface area contributed by atoms with E-state index in [4.69, 9.17) is 9.47 Å². The van der Waals surface area contributed by atoms with Crippen LogP contribution in [0.4, 0.5) is 0 Å². The van der Waals surface area contributed by atoms with Crippen LogP contribution in [-0.2, 0) is 12.0 Å². The van der Waals surface area contributed by atoms with Gasteiger partial charge in [0.25, 0.3) is 0 Å².